The molecule has 0 bridgehead atoms. The van der Waals surface area contributed by atoms with Gasteiger partial charge < -0.3 is 40.9 Å². The monoisotopic (exact) mass is 1140 g/mol. The SMILES string of the molecule is NC(=O)CC[C@H](NC(=O)[C@@H]1CC[C@@H]2CCN(C(=O)CCCCCC#Cc3cccc4c3CN(C3CCC(=O)NC3=O)C4=O)C[C@H](NC(=O)c3cc4cc(C(F)(F)P(=O)(O)O)ccc4s3)C(=O)N21)c1nc2c(s1)=CC1=CC=CCC=21. The Kier molecular flexibility index (Phi) is 15.7. The van der Waals surface area contributed by atoms with Crippen LogP contribution in [-0.2, 0) is 45.5 Å². The molecule has 0 radical (unpaired) electrons. The molecule has 4 aliphatic heterocycles. The summed E-state index contributed by atoms with van der Waals surface area (Å²) in [6.45, 7) is 0.129. The fourth-order valence-electron chi connectivity index (χ4n) is 11.1. The number of aromatic nitrogens is 1. The van der Waals surface area contributed by atoms with Crippen LogP contribution in [0.25, 0.3) is 21.7 Å². The number of thiophene rings is 1. The third-order valence-corrected chi connectivity index (χ3v) is 18.4. The van der Waals surface area contributed by atoms with E-state index in [-0.39, 0.29) is 86.1 Å². The van der Waals surface area contributed by atoms with Crippen molar-refractivity contribution in [3.63, 3.8) is 0 Å². The highest BCUT2D eigenvalue weighted by Crippen LogP contribution is 2.59. The zero-order valence-electron chi connectivity index (χ0n) is 42.5. The van der Waals surface area contributed by atoms with Crippen molar-refractivity contribution in [1.82, 2.24) is 35.6 Å². The van der Waals surface area contributed by atoms with Gasteiger partial charge in [-0.05, 0) is 110 Å². The first kappa shape index (κ1) is 55.1. The van der Waals surface area contributed by atoms with Crippen molar-refractivity contribution in [3.05, 3.63) is 108 Å². The molecule has 3 fully saturated rings. The molecular formula is C55H55F2N8O11PS2. The molecule has 2 aromatic carbocycles. The molecule has 5 atom stereocenters. The van der Waals surface area contributed by atoms with E-state index in [0.717, 1.165) is 44.5 Å². The lowest BCUT2D eigenvalue weighted by Gasteiger charge is -2.39. The Balaban J connectivity index is 0.825. The Morgan fingerprint density at radius 2 is 1.82 bits per heavy atom. The van der Waals surface area contributed by atoms with Gasteiger partial charge >= 0.3 is 13.3 Å². The molecule has 19 nitrogen and oxygen atoms in total. The third-order valence-electron chi connectivity index (χ3n) is 15.2. The number of nitrogens with two attached hydrogens (primary N) is 1. The van der Waals surface area contributed by atoms with Crippen molar-refractivity contribution in [1.29, 1.82) is 0 Å². The Labute approximate surface area is 459 Å². The Bertz CT molecular complexity index is 3560. The minimum Gasteiger partial charge on any atom is -0.370 e. The van der Waals surface area contributed by atoms with Gasteiger partial charge in [-0.3, -0.25) is 48.2 Å². The maximum atomic E-state index is 15.0. The lowest BCUT2D eigenvalue weighted by atomic mass is 10.0. The molecular weight excluding hydrogens is 1080 g/mol. The smallest absolute Gasteiger partial charge is 0.370 e. The van der Waals surface area contributed by atoms with E-state index in [1.54, 1.807) is 12.1 Å². The average molecular weight is 1140 g/mol. The molecule has 6 heterocycles. The molecule has 0 saturated carbocycles. The number of alkyl halides is 2. The number of hydrogen-bond donors (Lipinski definition) is 6. The maximum absolute atomic E-state index is 15.0. The zero-order chi connectivity index (χ0) is 55.9. The first-order valence-corrected chi connectivity index (χ1v) is 29.3. The summed E-state index contributed by atoms with van der Waals surface area (Å²) in [5.74, 6) is 2.45. The minimum absolute atomic E-state index is 0.0102. The van der Waals surface area contributed by atoms with Gasteiger partial charge in [-0.25, -0.2) is 4.98 Å². The Morgan fingerprint density at radius 3 is 2.61 bits per heavy atom. The lowest BCUT2D eigenvalue weighted by Crippen LogP contribution is -2.61. The second-order valence-corrected chi connectivity index (χ2v) is 24.2. The van der Waals surface area contributed by atoms with Crippen molar-refractivity contribution in [2.75, 3.05) is 13.1 Å². The number of piperidine rings is 1. The largest absolute Gasteiger partial charge is 0.399 e. The highest BCUT2D eigenvalue weighted by Gasteiger charge is 2.51. The molecule has 2 aliphatic carbocycles. The first-order valence-electron chi connectivity index (χ1n) is 26.1. The molecule has 4 aromatic rings. The predicted octanol–water partition coefficient (Wildman–Crippen LogP) is 3.99. The van der Waals surface area contributed by atoms with E-state index in [9.17, 15) is 61.5 Å². The highest BCUT2D eigenvalue weighted by atomic mass is 32.1. The molecule has 10 rings (SSSR count). The summed E-state index contributed by atoms with van der Waals surface area (Å²) in [5, 5.41) is 9.63. The van der Waals surface area contributed by atoms with Crippen molar-refractivity contribution >= 4 is 99.3 Å². The molecule has 2 aromatic heterocycles. The molecule has 6 aliphatic rings. The molecule has 24 heteroatoms. The standard InChI is InChI=1S/C55H55F2N8O11PS2/c56-55(57,77(74,75)76)33-15-20-42-32(25-33)27-44(78-42)51(71)60-39-29-63(47(68)14-5-3-1-2-4-9-30-11-8-13-36-37(30)28-64(53(36)72)40-19-22-46(67)61-49(40)69)24-23-34-16-18-41(65(34)54(39)73)50(70)59-38(17-21-45(58)66)52-62-48-35-12-7-6-10-31(35)26-43(48)79-52/h6-8,10-11,13,15,20,25-27,34,38-41H,1-3,5,12,14,16-19,21-24,28-29H2,(H2,58,66)(H,59,70)(H,60,71)(H,61,67,69)(H2,74,75,76)/t34-,38+,39+,40?,41+/m1/s1. The van der Waals surface area contributed by atoms with E-state index in [4.69, 9.17) is 10.7 Å². The number of allylic oxidation sites excluding steroid dienone is 4. The van der Waals surface area contributed by atoms with Gasteiger partial charge in [0.25, 0.3) is 11.8 Å². The van der Waals surface area contributed by atoms with E-state index >= 15 is 0 Å². The van der Waals surface area contributed by atoms with Gasteiger partial charge in [0, 0.05) is 72.7 Å². The number of hydrogen-bond acceptors (Lipinski definition) is 12. The maximum Gasteiger partial charge on any atom is 0.399 e. The number of rotatable bonds is 16. The number of unbranched alkanes of at least 4 members (excludes halogenated alkanes) is 3. The third kappa shape index (κ3) is 11.3. The van der Waals surface area contributed by atoms with Crippen LogP contribution in [-0.4, -0.2) is 114 Å². The number of halogens is 2. The fraction of sp³-hybridized carbons (Fsp3) is 0.400. The van der Waals surface area contributed by atoms with E-state index in [2.05, 4.69) is 27.8 Å². The minimum atomic E-state index is -5.90. The average Bonchev–Trinajstić information content (AvgIpc) is 4.43. The molecule has 7 N–H and O–H groups in total. The summed E-state index contributed by atoms with van der Waals surface area (Å²) in [6.07, 6.45) is 12.6. The van der Waals surface area contributed by atoms with Crippen molar-refractivity contribution in [3.8, 4) is 11.8 Å². The summed E-state index contributed by atoms with van der Waals surface area (Å²) < 4.78 is 42.4. The molecule has 412 valence electrons. The predicted molar refractivity (Wildman–Crippen MR) is 287 cm³/mol. The number of fused-ring (bicyclic) bond motifs is 5. The van der Waals surface area contributed by atoms with Crippen molar-refractivity contribution < 1.29 is 61.5 Å². The summed E-state index contributed by atoms with van der Waals surface area (Å²) in [7, 11) is -5.90. The second-order valence-electron chi connectivity index (χ2n) is 20.4. The first-order chi connectivity index (χ1) is 37.7. The normalized spacial score (nSPS) is 21.2. The van der Waals surface area contributed by atoms with Gasteiger partial charge in [-0.2, -0.15) is 8.78 Å². The van der Waals surface area contributed by atoms with Crippen LogP contribution in [0.5, 0.6) is 0 Å². The summed E-state index contributed by atoms with van der Waals surface area (Å²) in [4.78, 5) is 135. The van der Waals surface area contributed by atoms with Crippen LogP contribution in [0, 0.1) is 11.8 Å². The second kappa shape index (κ2) is 22.5. The number of thiazole rings is 1. The molecule has 1 unspecified atom stereocenters. The van der Waals surface area contributed by atoms with Crippen LogP contribution in [0.4, 0.5) is 8.78 Å². The Morgan fingerprint density at radius 1 is 1.00 bits per heavy atom. The van der Waals surface area contributed by atoms with Gasteiger partial charge in [0.2, 0.25) is 35.4 Å². The highest BCUT2D eigenvalue weighted by molar-refractivity contribution is 7.52. The summed E-state index contributed by atoms with van der Waals surface area (Å²) >= 11 is 2.30. The number of nitrogens with zero attached hydrogens (tertiary/aromatic N) is 4. The number of amides is 8. The topological polar surface area (TPSA) is 279 Å². The molecule has 0 spiro atoms. The van der Waals surface area contributed by atoms with Gasteiger partial charge in [-0.1, -0.05) is 48.6 Å². The quantitative estimate of drug-likeness (QED) is 0.0402. The molecule has 3 saturated heterocycles. The lowest BCUT2D eigenvalue weighted by molar-refractivity contribution is -0.145. The van der Waals surface area contributed by atoms with Crippen LogP contribution < -0.4 is 31.6 Å². The number of primary amides is 1. The van der Waals surface area contributed by atoms with Crippen LogP contribution in [0.3, 0.4) is 0 Å². The number of imide groups is 1. The molecule has 8 amide bonds. The van der Waals surface area contributed by atoms with E-state index in [1.165, 1.54) is 38.2 Å². The van der Waals surface area contributed by atoms with Crippen molar-refractivity contribution in [2.24, 2.45) is 5.73 Å². The zero-order valence-corrected chi connectivity index (χ0v) is 45.0. The van der Waals surface area contributed by atoms with Gasteiger partial charge in [0.1, 0.15) is 23.1 Å². The van der Waals surface area contributed by atoms with Crippen LogP contribution in [0.15, 0.2) is 66.3 Å². The van der Waals surface area contributed by atoms with Gasteiger partial charge in [0.15, 0.2) is 0 Å². The van der Waals surface area contributed by atoms with Gasteiger partial charge in [-0.15, -0.1) is 22.7 Å². The fourth-order valence-corrected chi connectivity index (χ4v) is 13.7. The summed E-state index contributed by atoms with van der Waals surface area (Å²) in [6, 6.07) is 5.13. The van der Waals surface area contributed by atoms with Crippen LogP contribution in [0.1, 0.15) is 131 Å². The number of benzene rings is 2. The van der Waals surface area contributed by atoms with Gasteiger partial charge in [0.05, 0.1) is 20.8 Å². The number of nitrogens with one attached hydrogen (secondary N) is 3. The van der Waals surface area contributed by atoms with E-state index in [0.29, 0.717) is 71.3 Å². The van der Waals surface area contributed by atoms with Crippen LogP contribution in [0.2, 0.25) is 0 Å². The van der Waals surface area contributed by atoms with E-state index < -0.39 is 78.6 Å². The Hall–Kier alpha value is -7.22. The number of carbonyl (C=O) groups is 8. The van der Waals surface area contributed by atoms with E-state index in [1.807, 2.05) is 30.4 Å². The number of carbonyl (C=O) groups excluding carboxylic acids is 8. The molecule has 79 heavy (non-hydrogen) atoms. The van der Waals surface area contributed by atoms with Crippen LogP contribution >= 0.6 is 30.3 Å². The van der Waals surface area contributed by atoms with Crippen molar-refractivity contribution in [2.45, 2.75) is 126 Å². The summed E-state index contributed by atoms with van der Waals surface area (Å²) in [5.41, 5.74) is 4.10.